The minimum Gasteiger partial charge on any atom is -0.397 e. The fraction of sp³-hybridized carbons (Fsp3) is 0.273. The van der Waals surface area contributed by atoms with Crippen LogP contribution in [0.1, 0.15) is 40.5 Å². The van der Waals surface area contributed by atoms with E-state index in [-0.39, 0.29) is 5.91 Å². The first-order chi connectivity index (χ1) is 12.5. The van der Waals surface area contributed by atoms with Crippen molar-refractivity contribution in [2.75, 3.05) is 12.3 Å². The second-order valence-electron chi connectivity index (χ2n) is 7.02. The van der Waals surface area contributed by atoms with Crippen molar-refractivity contribution in [1.29, 1.82) is 0 Å². The Bertz CT molecular complexity index is 1040. The summed E-state index contributed by atoms with van der Waals surface area (Å²) in [4.78, 5) is 19.5. The molecule has 4 rings (SSSR count). The van der Waals surface area contributed by atoms with E-state index in [1.54, 1.807) is 0 Å². The number of benzene rings is 2. The van der Waals surface area contributed by atoms with Crippen molar-refractivity contribution >= 4 is 22.5 Å². The molecule has 4 nitrogen and oxygen atoms in total. The molecule has 0 saturated carbocycles. The molecule has 0 bridgehead atoms. The number of fused-ring (bicyclic) bond motifs is 2. The standard InChI is InChI=1S/C22H23N3O/c1-4-11-25-12-18-19(22(25)26)20(23)17-10-6-9-16(21(17)24-18)15-8-5-7-13(2)14(15)3/h5-10H,4,11-12H2,1-3H3,(H2,23,24). The number of carbonyl (C=O) groups is 1. The summed E-state index contributed by atoms with van der Waals surface area (Å²) >= 11 is 0. The molecule has 3 aromatic rings. The van der Waals surface area contributed by atoms with Gasteiger partial charge < -0.3 is 10.6 Å². The van der Waals surface area contributed by atoms with Gasteiger partial charge >= 0.3 is 0 Å². The summed E-state index contributed by atoms with van der Waals surface area (Å²) in [5.41, 5.74) is 14.0. The zero-order valence-corrected chi connectivity index (χ0v) is 15.5. The highest BCUT2D eigenvalue weighted by atomic mass is 16.2. The Labute approximate surface area is 153 Å². The van der Waals surface area contributed by atoms with Crippen molar-refractivity contribution in [3.63, 3.8) is 0 Å². The van der Waals surface area contributed by atoms with Crippen molar-refractivity contribution in [2.45, 2.75) is 33.7 Å². The van der Waals surface area contributed by atoms with Gasteiger partial charge in [0, 0.05) is 17.5 Å². The second-order valence-corrected chi connectivity index (χ2v) is 7.02. The first-order valence-electron chi connectivity index (χ1n) is 9.09. The molecular formula is C22H23N3O. The lowest BCUT2D eigenvalue weighted by Crippen LogP contribution is -2.24. The smallest absolute Gasteiger partial charge is 0.258 e. The molecule has 4 heteroatoms. The van der Waals surface area contributed by atoms with Crippen LogP contribution in [0.5, 0.6) is 0 Å². The average Bonchev–Trinajstić information content (AvgIpc) is 2.94. The molecule has 0 saturated heterocycles. The number of anilines is 1. The van der Waals surface area contributed by atoms with Crippen molar-refractivity contribution in [3.05, 3.63) is 58.8 Å². The van der Waals surface area contributed by atoms with Crippen LogP contribution in [0.25, 0.3) is 22.0 Å². The lowest BCUT2D eigenvalue weighted by Gasteiger charge is -2.13. The van der Waals surface area contributed by atoms with Gasteiger partial charge in [-0.2, -0.15) is 0 Å². The van der Waals surface area contributed by atoms with Crippen LogP contribution in [0.3, 0.4) is 0 Å². The van der Waals surface area contributed by atoms with E-state index in [0.29, 0.717) is 17.8 Å². The number of nitrogens with zero attached hydrogens (tertiary/aromatic N) is 2. The van der Waals surface area contributed by atoms with Crippen LogP contribution >= 0.6 is 0 Å². The van der Waals surface area contributed by atoms with Crippen LogP contribution in [-0.2, 0) is 6.54 Å². The number of aromatic nitrogens is 1. The topological polar surface area (TPSA) is 59.2 Å². The number of para-hydroxylation sites is 1. The van der Waals surface area contributed by atoms with Gasteiger partial charge in [0.05, 0.1) is 29.0 Å². The van der Waals surface area contributed by atoms with E-state index in [9.17, 15) is 4.79 Å². The molecule has 2 N–H and O–H groups in total. The Kier molecular flexibility index (Phi) is 3.91. The van der Waals surface area contributed by atoms with Gasteiger partial charge in [-0.1, -0.05) is 43.3 Å². The first-order valence-corrected chi connectivity index (χ1v) is 9.09. The van der Waals surface area contributed by atoms with E-state index in [2.05, 4.69) is 45.0 Å². The largest absolute Gasteiger partial charge is 0.397 e. The third-order valence-corrected chi connectivity index (χ3v) is 5.36. The maximum atomic E-state index is 12.7. The van der Waals surface area contributed by atoms with E-state index in [4.69, 9.17) is 10.7 Å². The number of rotatable bonds is 3. The van der Waals surface area contributed by atoms with E-state index in [0.717, 1.165) is 40.7 Å². The molecule has 0 unspecified atom stereocenters. The molecule has 0 radical (unpaired) electrons. The molecule has 0 atom stereocenters. The van der Waals surface area contributed by atoms with Crippen LogP contribution in [-0.4, -0.2) is 22.3 Å². The number of nitrogens with two attached hydrogens (primary N) is 1. The van der Waals surface area contributed by atoms with Crippen LogP contribution in [0.2, 0.25) is 0 Å². The normalized spacial score (nSPS) is 13.5. The lowest BCUT2D eigenvalue weighted by atomic mass is 9.94. The number of carbonyl (C=O) groups excluding carboxylic acids is 1. The van der Waals surface area contributed by atoms with Gasteiger partial charge in [-0.15, -0.1) is 0 Å². The Morgan fingerprint density at radius 3 is 2.62 bits per heavy atom. The van der Waals surface area contributed by atoms with Gasteiger partial charge in [-0.25, -0.2) is 4.98 Å². The van der Waals surface area contributed by atoms with Gasteiger partial charge in [0.2, 0.25) is 0 Å². The molecule has 1 aliphatic heterocycles. The summed E-state index contributed by atoms with van der Waals surface area (Å²) < 4.78 is 0. The summed E-state index contributed by atoms with van der Waals surface area (Å²) in [6.07, 6.45) is 0.924. The number of hydrogen-bond acceptors (Lipinski definition) is 3. The van der Waals surface area contributed by atoms with Crippen LogP contribution < -0.4 is 5.73 Å². The summed E-state index contributed by atoms with van der Waals surface area (Å²) in [6, 6.07) is 12.3. The SMILES string of the molecule is CCCN1Cc2nc3c(-c4cccc(C)c4C)cccc3c(N)c2C1=O. The molecule has 0 fully saturated rings. The van der Waals surface area contributed by atoms with Gasteiger partial charge in [0.1, 0.15) is 0 Å². The van der Waals surface area contributed by atoms with Crippen molar-refractivity contribution in [2.24, 2.45) is 0 Å². The van der Waals surface area contributed by atoms with E-state index in [1.807, 2.05) is 17.0 Å². The minimum absolute atomic E-state index is 0.00545. The molecule has 0 spiro atoms. The first kappa shape index (κ1) is 16.6. The van der Waals surface area contributed by atoms with Crippen molar-refractivity contribution in [1.82, 2.24) is 9.88 Å². The van der Waals surface area contributed by atoms with Gasteiger partial charge in [-0.3, -0.25) is 4.79 Å². The molecule has 26 heavy (non-hydrogen) atoms. The zero-order chi connectivity index (χ0) is 18.4. The molecule has 0 aliphatic carbocycles. The summed E-state index contributed by atoms with van der Waals surface area (Å²) in [7, 11) is 0. The van der Waals surface area contributed by atoms with Gasteiger partial charge in [-0.05, 0) is 37.0 Å². The highest BCUT2D eigenvalue weighted by Crippen LogP contribution is 2.37. The second kappa shape index (κ2) is 6.13. The Morgan fingerprint density at radius 1 is 1.12 bits per heavy atom. The molecular weight excluding hydrogens is 322 g/mol. The maximum Gasteiger partial charge on any atom is 0.258 e. The summed E-state index contributed by atoms with van der Waals surface area (Å²) in [5, 5.41) is 0.855. The highest BCUT2D eigenvalue weighted by Gasteiger charge is 2.31. The molecule has 1 aliphatic rings. The number of pyridine rings is 1. The molecule has 132 valence electrons. The number of amides is 1. The van der Waals surface area contributed by atoms with E-state index in [1.165, 1.54) is 11.1 Å². The Morgan fingerprint density at radius 2 is 1.85 bits per heavy atom. The summed E-state index contributed by atoms with van der Waals surface area (Å²) in [5.74, 6) is 0.00545. The fourth-order valence-electron chi connectivity index (χ4n) is 3.84. The van der Waals surface area contributed by atoms with E-state index < -0.39 is 0 Å². The quantitative estimate of drug-likeness (QED) is 0.762. The number of aryl methyl sites for hydroxylation is 1. The van der Waals surface area contributed by atoms with Crippen molar-refractivity contribution < 1.29 is 4.79 Å². The fourth-order valence-corrected chi connectivity index (χ4v) is 3.84. The third-order valence-electron chi connectivity index (χ3n) is 5.36. The molecule has 1 aromatic heterocycles. The lowest BCUT2D eigenvalue weighted by molar-refractivity contribution is 0.0779. The molecule has 2 aromatic carbocycles. The van der Waals surface area contributed by atoms with Gasteiger partial charge in [0.25, 0.3) is 5.91 Å². The Hall–Kier alpha value is -2.88. The molecule has 2 heterocycles. The van der Waals surface area contributed by atoms with Crippen LogP contribution in [0.4, 0.5) is 5.69 Å². The number of nitrogen functional groups attached to an aromatic ring is 1. The minimum atomic E-state index is 0.00545. The van der Waals surface area contributed by atoms with Gasteiger partial charge in [0.15, 0.2) is 0 Å². The predicted molar refractivity (Wildman–Crippen MR) is 106 cm³/mol. The van der Waals surface area contributed by atoms with Crippen molar-refractivity contribution in [3.8, 4) is 11.1 Å². The highest BCUT2D eigenvalue weighted by molar-refractivity contribution is 6.11. The Balaban J connectivity index is 1.97. The van der Waals surface area contributed by atoms with Crippen LogP contribution in [0, 0.1) is 13.8 Å². The monoisotopic (exact) mass is 345 g/mol. The average molecular weight is 345 g/mol. The molecule has 1 amide bonds. The van der Waals surface area contributed by atoms with Crippen LogP contribution in [0.15, 0.2) is 36.4 Å². The van der Waals surface area contributed by atoms with E-state index >= 15 is 0 Å². The summed E-state index contributed by atoms with van der Waals surface area (Å²) in [6.45, 7) is 7.59. The predicted octanol–water partition coefficient (Wildman–Crippen LogP) is 4.47. The zero-order valence-electron chi connectivity index (χ0n) is 15.5. The maximum absolute atomic E-state index is 12.7. The number of hydrogen-bond donors (Lipinski definition) is 1. The third kappa shape index (κ3) is 2.37.